The van der Waals surface area contributed by atoms with Crippen LogP contribution in [0.1, 0.15) is 55.2 Å². The molecule has 58 heavy (non-hydrogen) atoms. The molecule has 1 aliphatic heterocycles. The molecule has 0 radical (unpaired) electrons. The van der Waals surface area contributed by atoms with E-state index in [1.807, 2.05) is 13.8 Å². The molecule has 5 N–H and O–H groups in total. The highest BCUT2D eigenvalue weighted by atomic mass is 32.2. The summed E-state index contributed by atoms with van der Waals surface area (Å²) in [6.45, 7) is 6.72. The third kappa shape index (κ3) is 7.39. The molecule has 2 fully saturated rings. The number of carbonyl (C=O) groups excluding carboxylic acids is 1. The molecule has 5 unspecified atom stereocenters. The normalized spacial score (nSPS) is 21.3. The molecule has 1 aliphatic carbocycles. The van der Waals surface area contributed by atoms with Gasteiger partial charge in [-0.1, -0.05) is 37.1 Å². The maximum Gasteiger partial charge on any atom is 0.269 e. The van der Waals surface area contributed by atoms with Crippen molar-refractivity contribution in [2.45, 2.75) is 74.4 Å². The van der Waals surface area contributed by atoms with Gasteiger partial charge in [0.15, 0.2) is 22.9 Å². The number of anilines is 2. The summed E-state index contributed by atoms with van der Waals surface area (Å²) in [7, 11) is -7.93. The summed E-state index contributed by atoms with van der Waals surface area (Å²) in [4.78, 5) is 31.3. The highest BCUT2D eigenvalue weighted by Crippen LogP contribution is 2.40. The number of hydrogen-bond acceptors (Lipinski definition) is 14. The Balaban J connectivity index is 0.941. The standard InChI is InChI=1S/C39H44N10O7S2/c1-4-25-17-26(18-30(25)39(50)47-46-36-21-42-38-33(44-36)12-14-48(38)57(51,52)27-8-5-23(2)6-9-27)56-34-13-16-55-22-31(34)29-19-28(10-7-24(29)3)58(53,54)49-15-11-32-37(49)41-20-35(43-32)45-40/h5-12,14-15,19-21,25-26,30-31,34H,4,13,16-18,22,40H2,1-3H3,(H,43,45)(H,44,46)(H,47,50). The summed E-state index contributed by atoms with van der Waals surface area (Å²) < 4.78 is 69.4. The van der Waals surface area contributed by atoms with Crippen LogP contribution in [0.2, 0.25) is 0 Å². The van der Waals surface area contributed by atoms with E-state index in [2.05, 4.69) is 43.1 Å². The topological polar surface area (TPSA) is 227 Å². The van der Waals surface area contributed by atoms with Gasteiger partial charge < -0.3 is 14.9 Å². The second-order valence-corrected chi connectivity index (χ2v) is 18.4. The van der Waals surface area contributed by atoms with Crippen LogP contribution in [0.3, 0.4) is 0 Å². The minimum Gasteiger partial charge on any atom is -0.381 e. The Morgan fingerprint density at radius 2 is 1.52 bits per heavy atom. The first-order valence-electron chi connectivity index (χ1n) is 19.0. The Kier molecular flexibility index (Phi) is 10.7. The van der Waals surface area contributed by atoms with Crippen LogP contribution < -0.4 is 22.1 Å². The molecule has 2 aliphatic rings. The van der Waals surface area contributed by atoms with Crippen molar-refractivity contribution < 1.29 is 31.1 Å². The van der Waals surface area contributed by atoms with Gasteiger partial charge in [-0.15, -0.1) is 0 Å². The Hall–Kier alpha value is -5.47. The van der Waals surface area contributed by atoms with Crippen LogP contribution in [-0.2, 0) is 34.3 Å². The number of nitrogen functional groups attached to an aromatic ring is 1. The molecule has 1 saturated heterocycles. The van der Waals surface area contributed by atoms with Gasteiger partial charge in [-0.2, -0.15) is 0 Å². The van der Waals surface area contributed by atoms with Crippen LogP contribution in [0.4, 0.5) is 11.6 Å². The van der Waals surface area contributed by atoms with Crippen molar-refractivity contribution in [3.8, 4) is 0 Å². The van der Waals surface area contributed by atoms with Crippen LogP contribution >= 0.6 is 0 Å². The minimum absolute atomic E-state index is 0.0612. The van der Waals surface area contributed by atoms with E-state index >= 15 is 0 Å². The average Bonchev–Trinajstić information content (AvgIpc) is 3.97. The monoisotopic (exact) mass is 828 g/mol. The molecule has 6 aromatic rings. The largest absolute Gasteiger partial charge is 0.381 e. The van der Waals surface area contributed by atoms with Crippen molar-refractivity contribution in [3.63, 3.8) is 0 Å². The first-order chi connectivity index (χ1) is 27.9. The van der Waals surface area contributed by atoms with Crippen molar-refractivity contribution in [2.24, 2.45) is 17.7 Å². The summed E-state index contributed by atoms with van der Waals surface area (Å²) in [5.74, 6) is 5.29. The van der Waals surface area contributed by atoms with Crippen LogP contribution in [0.25, 0.3) is 22.3 Å². The lowest BCUT2D eigenvalue weighted by atomic mass is 9.88. The van der Waals surface area contributed by atoms with Crippen LogP contribution in [0, 0.1) is 25.7 Å². The molecule has 1 amide bonds. The van der Waals surface area contributed by atoms with E-state index in [4.69, 9.17) is 15.3 Å². The molecule has 19 heteroatoms. The number of aromatic nitrogens is 6. The molecule has 0 bridgehead atoms. The molecule has 4 aromatic heterocycles. The SMILES string of the molecule is CCC1CC(OC2CCOCC2c2cc(S(=O)(=O)n3ccc4nc(NN)cnc43)ccc2C)CC1C(=O)NNc1cnc2c(ccn2S(=O)(=O)c2ccc(C)cc2)n1. The number of hydrazine groups is 2. The lowest BCUT2D eigenvalue weighted by molar-refractivity contribution is -0.126. The molecular formula is C39H44N10O7S2. The molecule has 2 aromatic carbocycles. The predicted molar refractivity (Wildman–Crippen MR) is 216 cm³/mol. The molecule has 8 rings (SSSR count). The summed E-state index contributed by atoms with van der Waals surface area (Å²) in [5, 5.41) is 0. The second kappa shape index (κ2) is 15.7. The van der Waals surface area contributed by atoms with E-state index < -0.39 is 20.0 Å². The second-order valence-electron chi connectivity index (χ2n) is 14.8. The zero-order valence-electron chi connectivity index (χ0n) is 32.1. The van der Waals surface area contributed by atoms with Crippen molar-refractivity contribution in [2.75, 3.05) is 24.1 Å². The Morgan fingerprint density at radius 3 is 2.19 bits per heavy atom. The van der Waals surface area contributed by atoms with E-state index in [0.29, 0.717) is 49.3 Å². The molecule has 1 saturated carbocycles. The highest BCUT2D eigenvalue weighted by molar-refractivity contribution is 7.90. The zero-order valence-corrected chi connectivity index (χ0v) is 33.7. The summed E-state index contributed by atoms with van der Waals surface area (Å²) in [6.07, 6.45) is 7.66. The van der Waals surface area contributed by atoms with Gasteiger partial charge >= 0.3 is 0 Å². The van der Waals surface area contributed by atoms with Gasteiger partial charge in [-0.3, -0.25) is 15.6 Å². The van der Waals surface area contributed by atoms with Gasteiger partial charge in [-0.05, 0) is 86.6 Å². The maximum absolute atomic E-state index is 14.0. The molecule has 304 valence electrons. The van der Waals surface area contributed by atoms with E-state index in [1.54, 1.807) is 54.6 Å². The number of benzene rings is 2. The molecular weight excluding hydrogens is 785 g/mol. The van der Waals surface area contributed by atoms with Crippen LogP contribution in [0.15, 0.2) is 89.2 Å². The molecule has 5 heterocycles. The van der Waals surface area contributed by atoms with Gasteiger partial charge in [0.2, 0.25) is 5.91 Å². The summed E-state index contributed by atoms with van der Waals surface area (Å²) in [6, 6.07) is 14.8. The smallest absolute Gasteiger partial charge is 0.269 e. The quantitative estimate of drug-likeness (QED) is 0.0992. The van der Waals surface area contributed by atoms with Gasteiger partial charge in [0.05, 0.1) is 41.0 Å². The number of nitrogens with two attached hydrogens (primary N) is 1. The van der Waals surface area contributed by atoms with E-state index in [0.717, 1.165) is 31.1 Å². The summed E-state index contributed by atoms with van der Waals surface area (Å²) in [5.41, 5.74) is 11.8. The predicted octanol–water partition coefficient (Wildman–Crippen LogP) is 4.39. The number of nitrogens with one attached hydrogen (secondary N) is 3. The Labute approximate surface area is 335 Å². The van der Waals surface area contributed by atoms with E-state index in [-0.39, 0.29) is 62.8 Å². The average molecular weight is 829 g/mol. The van der Waals surface area contributed by atoms with Crippen molar-refractivity contribution in [3.05, 3.63) is 96.1 Å². The lowest BCUT2D eigenvalue weighted by Gasteiger charge is -2.35. The molecule has 17 nitrogen and oxygen atoms in total. The van der Waals surface area contributed by atoms with Gasteiger partial charge in [0, 0.05) is 30.8 Å². The number of amides is 1. The third-order valence-corrected chi connectivity index (χ3v) is 14.5. The van der Waals surface area contributed by atoms with Gasteiger partial charge in [0.25, 0.3) is 20.0 Å². The number of nitrogens with zero attached hydrogens (tertiary/aromatic N) is 6. The first-order valence-corrected chi connectivity index (χ1v) is 21.9. The fraction of sp³-hybridized carbons (Fsp3) is 0.359. The van der Waals surface area contributed by atoms with Crippen molar-refractivity contribution in [1.82, 2.24) is 33.3 Å². The van der Waals surface area contributed by atoms with Crippen molar-refractivity contribution >= 4 is 59.9 Å². The van der Waals surface area contributed by atoms with Gasteiger partial charge in [0.1, 0.15) is 11.0 Å². The minimum atomic E-state index is -4.04. The Bertz CT molecular complexity index is 2720. The van der Waals surface area contributed by atoms with E-state index in [1.165, 1.54) is 24.8 Å². The number of carbonyl (C=O) groups is 1. The molecule has 5 atom stereocenters. The van der Waals surface area contributed by atoms with Crippen LogP contribution in [0.5, 0.6) is 0 Å². The Morgan fingerprint density at radius 1 is 0.879 bits per heavy atom. The lowest BCUT2D eigenvalue weighted by Crippen LogP contribution is -2.37. The number of fused-ring (bicyclic) bond motifs is 2. The number of rotatable bonds is 12. The van der Waals surface area contributed by atoms with Gasteiger partial charge in [-0.25, -0.2) is 50.6 Å². The van der Waals surface area contributed by atoms with Crippen molar-refractivity contribution in [1.29, 1.82) is 0 Å². The fourth-order valence-corrected chi connectivity index (χ4v) is 10.6. The first kappa shape index (κ1) is 39.4. The van der Waals surface area contributed by atoms with E-state index in [9.17, 15) is 21.6 Å². The molecule has 0 spiro atoms. The fourth-order valence-electron chi connectivity index (χ4n) is 8.00. The van der Waals surface area contributed by atoms with Crippen LogP contribution in [-0.4, -0.2) is 76.0 Å². The highest BCUT2D eigenvalue weighted by Gasteiger charge is 2.41. The number of hydrogen-bond donors (Lipinski definition) is 4. The summed E-state index contributed by atoms with van der Waals surface area (Å²) >= 11 is 0. The zero-order chi connectivity index (χ0) is 40.8. The maximum atomic E-state index is 14.0. The number of ether oxygens (including phenoxy) is 2. The third-order valence-electron chi connectivity index (χ3n) is 11.1. The number of aryl methyl sites for hydroxylation is 2.